The maximum atomic E-state index is 12.3. The third-order valence-corrected chi connectivity index (χ3v) is 4.10. The molecule has 2 rings (SSSR count). The van der Waals surface area contributed by atoms with E-state index in [4.69, 9.17) is 0 Å². The van der Waals surface area contributed by atoms with E-state index in [1.165, 1.54) is 16.7 Å². The Morgan fingerprint density at radius 2 is 1.95 bits per heavy atom. The van der Waals surface area contributed by atoms with Gasteiger partial charge in [0.05, 0.1) is 6.42 Å². The highest BCUT2D eigenvalue weighted by molar-refractivity contribution is 5.85. The van der Waals surface area contributed by atoms with E-state index in [0.717, 1.165) is 25.9 Å². The summed E-state index contributed by atoms with van der Waals surface area (Å²) >= 11 is 0. The minimum atomic E-state index is 0. The number of piperidine rings is 1. The molecule has 0 spiro atoms. The number of aryl methyl sites for hydroxylation is 2. The number of amides is 1. The lowest BCUT2D eigenvalue weighted by Crippen LogP contribution is -2.44. The maximum absolute atomic E-state index is 12.3. The van der Waals surface area contributed by atoms with Gasteiger partial charge in [-0.3, -0.25) is 4.79 Å². The zero-order chi connectivity index (χ0) is 13.8. The summed E-state index contributed by atoms with van der Waals surface area (Å²) in [5, 5.41) is 3.29. The van der Waals surface area contributed by atoms with Crippen LogP contribution >= 0.6 is 12.4 Å². The van der Waals surface area contributed by atoms with Crippen molar-refractivity contribution in [1.29, 1.82) is 0 Å². The molecule has 1 heterocycles. The van der Waals surface area contributed by atoms with Crippen molar-refractivity contribution in [2.75, 3.05) is 20.1 Å². The van der Waals surface area contributed by atoms with Crippen molar-refractivity contribution in [3.8, 4) is 0 Å². The van der Waals surface area contributed by atoms with Gasteiger partial charge < -0.3 is 10.2 Å². The van der Waals surface area contributed by atoms with Gasteiger partial charge in [-0.2, -0.15) is 0 Å². The van der Waals surface area contributed by atoms with Crippen molar-refractivity contribution in [3.63, 3.8) is 0 Å². The molecule has 1 amide bonds. The molecule has 1 aliphatic rings. The van der Waals surface area contributed by atoms with Gasteiger partial charge in [-0.15, -0.1) is 12.4 Å². The topological polar surface area (TPSA) is 32.3 Å². The highest BCUT2D eigenvalue weighted by Gasteiger charge is 2.21. The molecule has 1 aromatic carbocycles. The molecule has 1 N–H and O–H groups in total. The summed E-state index contributed by atoms with van der Waals surface area (Å²) in [6.07, 6.45) is 2.67. The number of carbonyl (C=O) groups is 1. The summed E-state index contributed by atoms with van der Waals surface area (Å²) in [5.74, 6) is 0.267. The van der Waals surface area contributed by atoms with E-state index in [-0.39, 0.29) is 18.3 Å². The van der Waals surface area contributed by atoms with Crippen molar-refractivity contribution in [2.45, 2.75) is 39.2 Å². The molecule has 112 valence electrons. The Kier molecular flexibility index (Phi) is 6.50. The predicted octanol–water partition coefficient (Wildman–Crippen LogP) is 2.48. The van der Waals surface area contributed by atoms with Crippen LogP contribution in [0.15, 0.2) is 18.2 Å². The third kappa shape index (κ3) is 4.22. The molecule has 0 saturated carbocycles. The van der Waals surface area contributed by atoms with E-state index in [0.29, 0.717) is 12.5 Å². The maximum Gasteiger partial charge on any atom is 0.227 e. The summed E-state index contributed by atoms with van der Waals surface area (Å²) in [7, 11) is 2.00. The van der Waals surface area contributed by atoms with Crippen LogP contribution in [-0.2, 0) is 11.2 Å². The molecule has 3 nitrogen and oxygen atoms in total. The van der Waals surface area contributed by atoms with Crippen LogP contribution in [0.5, 0.6) is 0 Å². The van der Waals surface area contributed by atoms with E-state index in [1.807, 2.05) is 11.9 Å². The van der Waals surface area contributed by atoms with Gasteiger partial charge in [-0.05, 0) is 44.9 Å². The molecular weight excluding hydrogens is 272 g/mol. The van der Waals surface area contributed by atoms with Crippen molar-refractivity contribution < 1.29 is 4.79 Å². The highest BCUT2D eigenvalue weighted by Crippen LogP contribution is 2.15. The van der Waals surface area contributed by atoms with Gasteiger partial charge in [0.25, 0.3) is 0 Å². The van der Waals surface area contributed by atoms with Gasteiger partial charge >= 0.3 is 0 Å². The van der Waals surface area contributed by atoms with Crippen LogP contribution in [0.1, 0.15) is 29.5 Å². The molecular formula is C16H25ClN2O. The first-order chi connectivity index (χ1) is 9.10. The van der Waals surface area contributed by atoms with Crippen LogP contribution in [-0.4, -0.2) is 37.0 Å². The molecule has 20 heavy (non-hydrogen) atoms. The molecule has 1 fully saturated rings. The molecule has 0 aromatic heterocycles. The lowest BCUT2D eigenvalue weighted by Gasteiger charge is -2.32. The largest absolute Gasteiger partial charge is 0.342 e. The number of nitrogens with one attached hydrogen (secondary N) is 1. The predicted molar refractivity (Wildman–Crippen MR) is 85.5 cm³/mol. The monoisotopic (exact) mass is 296 g/mol. The Morgan fingerprint density at radius 3 is 2.55 bits per heavy atom. The lowest BCUT2D eigenvalue weighted by atomic mass is 10.0. The van der Waals surface area contributed by atoms with Crippen LogP contribution in [0.2, 0.25) is 0 Å². The quantitative estimate of drug-likeness (QED) is 0.929. The van der Waals surface area contributed by atoms with Gasteiger partial charge in [0.15, 0.2) is 0 Å². The Labute approximate surface area is 128 Å². The molecule has 1 aliphatic heterocycles. The van der Waals surface area contributed by atoms with Crippen LogP contribution in [0.3, 0.4) is 0 Å². The van der Waals surface area contributed by atoms with Crippen molar-refractivity contribution in [2.24, 2.45) is 0 Å². The molecule has 1 saturated heterocycles. The number of hydrogen-bond donors (Lipinski definition) is 1. The van der Waals surface area contributed by atoms with Gasteiger partial charge in [0.1, 0.15) is 0 Å². The Balaban J connectivity index is 0.00000200. The van der Waals surface area contributed by atoms with Crippen LogP contribution in [0.4, 0.5) is 0 Å². The van der Waals surface area contributed by atoms with Gasteiger partial charge in [-0.25, -0.2) is 0 Å². The van der Waals surface area contributed by atoms with E-state index >= 15 is 0 Å². The minimum absolute atomic E-state index is 0. The van der Waals surface area contributed by atoms with E-state index in [2.05, 4.69) is 37.4 Å². The number of halogens is 1. The number of rotatable bonds is 3. The fourth-order valence-corrected chi connectivity index (χ4v) is 2.68. The zero-order valence-electron chi connectivity index (χ0n) is 12.6. The van der Waals surface area contributed by atoms with Gasteiger partial charge in [0.2, 0.25) is 5.91 Å². The zero-order valence-corrected chi connectivity index (χ0v) is 13.4. The Bertz CT molecular complexity index is 454. The second kappa shape index (κ2) is 7.65. The minimum Gasteiger partial charge on any atom is -0.342 e. The fourth-order valence-electron chi connectivity index (χ4n) is 2.68. The summed E-state index contributed by atoms with van der Waals surface area (Å²) in [5.41, 5.74) is 3.60. The first-order valence-corrected chi connectivity index (χ1v) is 7.11. The lowest BCUT2D eigenvalue weighted by molar-refractivity contribution is -0.131. The molecule has 4 heteroatoms. The summed E-state index contributed by atoms with van der Waals surface area (Å²) in [6, 6.07) is 6.91. The second-order valence-electron chi connectivity index (χ2n) is 5.55. The number of carbonyl (C=O) groups excluding carboxylic acids is 1. The van der Waals surface area contributed by atoms with Gasteiger partial charge in [0, 0.05) is 19.1 Å². The van der Waals surface area contributed by atoms with E-state index in [1.54, 1.807) is 0 Å². The summed E-state index contributed by atoms with van der Waals surface area (Å²) in [6.45, 7) is 5.92. The number of hydrogen-bond acceptors (Lipinski definition) is 2. The SMILES string of the molecule is CNC1CCN(C(=O)Cc2cc(C)ccc2C)CC1.Cl. The normalized spacial score (nSPS) is 15.8. The fraction of sp³-hybridized carbons (Fsp3) is 0.562. The first-order valence-electron chi connectivity index (χ1n) is 7.11. The first kappa shape index (κ1) is 17.0. The number of likely N-dealkylation sites (tertiary alicyclic amines) is 1. The standard InChI is InChI=1S/C16H24N2O.ClH/c1-12-4-5-13(2)14(10-12)11-16(19)18-8-6-15(17-3)7-9-18;/h4-5,10,15,17H,6-9,11H2,1-3H3;1H. The van der Waals surface area contributed by atoms with Crippen molar-refractivity contribution in [3.05, 3.63) is 34.9 Å². The average molecular weight is 297 g/mol. The van der Waals surface area contributed by atoms with Crippen molar-refractivity contribution >= 4 is 18.3 Å². The smallest absolute Gasteiger partial charge is 0.227 e. The third-order valence-electron chi connectivity index (χ3n) is 4.10. The van der Waals surface area contributed by atoms with Crippen LogP contribution in [0.25, 0.3) is 0 Å². The van der Waals surface area contributed by atoms with Gasteiger partial charge in [-0.1, -0.05) is 23.8 Å². The van der Waals surface area contributed by atoms with Crippen LogP contribution in [0, 0.1) is 13.8 Å². The average Bonchev–Trinajstić information content (AvgIpc) is 2.43. The molecule has 0 bridgehead atoms. The molecule has 0 unspecified atom stereocenters. The Hall–Kier alpha value is -1.06. The number of benzene rings is 1. The van der Waals surface area contributed by atoms with E-state index < -0.39 is 0 Å². The molecule has 0 aliphatic carbocycles. The molecule has 1 aromatic rings. The molecule has 0 radical (unpaired) electrons. The highest BCUT2D eigenvalue weighted by atomic mass is 35.5. The Morgan fingerprint density at radius 1 is 1.30 bits per heavy atom. The summed E-state index contributed by atoms with van der Waals surface area (Å²) in [4.78, 5) is 14.3. The number of nitrogens with zero attached hydrogens (tertiary/aromatic N) is 1. The molecule has 0 atom stereocenters. The van der Waals surface area contributed by atoms with E-state index in [9.17, 15) is 4.79 Å². The summed E-state index contributed by atoms with van der Waals surface area (Å²) < 4.78 is 0. The van der Waals surface area contributed by atoms with Crippen LogP contribution < -0.4 is 5.32 Å². The second-order valence-corrected chi connectivity index (χ2v) is 5.55. The van der Waals surface area contributed by atoms with Crippen molar-refractivity contribution in [1.82, 2.24) is 10.2 Å².